The van der Waals surface area contributed by atoms with Gasteiger partial charge in [-0.3, -0.25) is 19.3 Å². The van der Waals surface area contributed by atoms with E-state index in [0.717, 1.165) is 30.2 Å². The van der Waals surface area contributed by atoms with Crippen LogP contribution in [0.5, 0.6) is 5.75 Å². The number of amides is 2. The normalized spacial score (nSPS) is 23.8. The molecule has 2 atom stereocenters. The van der Waals surface area contributed by atoms with E-state index in [2.05, 4.69) is 15.9 Å². The second-order valence-corrected chi connectivity index (χ2v) is 6.92. The van der Waals surface area contributed by atoms with Crippen LogP contribution in [0, 0.1) is 11.8 Å². The first kappa shape index (κ1) is 16.2. The van der Waals surface area contributed by atoms with Gasteiger partial charge >= 0.3 is 5.97 Å². The molecule has 0 N–H and O–H groups in total. The minimum absolute atomic E-state index is 0.0208. The number of imide groups is 1. The quantitative estimate of drug-likeness (QED) is 0.458. The fraction of sp³-hybridized carbons (Fsp3) is 0.471. The molecule has 0 unspecified atom stereocenters. The molecule has 2 aliphatic rings. The molecule has 1 aliphatic heterocycles. The fourth-order valence-corrected chi connectivity index (χ4v) is 3.60. The molecule has 1 aliphatic carbocycles. The molecule has 122 valence electrons. The third-order valence-corrected chi connectivity index (χ3v) is 5.05. The molecule has 3 rings (SSSR count). The second-order valence-electron chi connectivity index (χ2n) is 6.00. The highest BCUT2D eigenvalue weighted by Crippen LogP contribution is 2.37. The van der Waals surface area contributed by atoms with Crippen LogP contribution in [0.15, 0.2) is 28.7 Å². The number of hydrogen-bond acceptors (Lipinski definition) is 4. The van der Waals surface area contributed by atoms with Crippen molar-refractivity contribution in [3.8, 4) is 5.75 Å². The molecule has 0 aromatic heterocycles. The Morgan fingerprint density at radius 3 is 2.22 bits per heavy atom. The van der Waals surface area contributed by atoms with Gasteiger partial charge in [0.05, 0.1) is 18.3 Å². The number of likely N-dealkylation sites (tertiary alicyclic amines) is 1. The van der Waals surface area contributed by atoms with Gasteiger partial charge in [0.2, 0.25) is 11.8 Å². The second kappa shape index (κ2) is 6.83. The zero-order valence-corrected chi connectivity index (χ0v) is 14.3. The molecule has 1 saturated heterocycles. The van der Waals surface area contributed by atoms with Gasteiger partial charge in [0.15, 0.2) is 0 Å². The zero-order chi connectivity index (χ0) is 16.4. The number of carbonyl (C=O) groups excluding carboxylic acids is 3. The molecule has 2 fully saturated rings. The molecule has 6 heteroatoms. The van der Waals surface area contributed by atoms with Crippen molar-refractivity contribution in [2.75, 3.05) is 6.54 Å². The maximum atomic E-state index is 12.3. The molecule has 0 spiro atoms. The van der Waals surface area contributed by atoms with Crippen molar-refractivity contribution in [2.24, 2.45) is 11.8 Å². The van der Waals surface area contributed by atoms with Crippen molar-refractivity contribution in [1.29, 1.82) is 0 Å². The number of ether oxygens (including phenoxy) is 1. The van der Waals surface area contributed by atoms with Crippen LogP contribution in [0.2, 0.25) is 0 Å². The van der Waals surface area contributed by atoms with Crippen LogP contribution in [-0.2, 0) is 14.4 Å². The maximum absolute atomic E-state index is 12.3. The Bertz CT molecular complexity index is 604. The number of carbonyl (C=O) groups is 3. The third kappa shape index (κ3) is 3.47. The van der Waals surface area contributed by atoms with E-state index in [9.17, 15) is 14.4 Å². The number of esters is 1. The van der Waals surface area contributed by atoms with Crippen LogP contribution in [0.4, 0.5) is 0 Å². The number of benzene rings is 1. The van der Waals surface area contributed by atoms with Gasteiger partial charge in [0.25, 0.3) is 0 Å². The topological polar surface area (TPSA) is 63.7 Å². The molecular formula is C17H18BrNO4. The largest absolute Gasteiger partial charge is 0.426 e. The summed E-state index contributed by atoms with van der Waals surface area (Å²) in [4.78, 5) is 37.8. The molecule has 1 aromatic carbocycles. The lowest BCUT2D eigenvalue weighted by atomic mass is 9.81. The first-order valence-electron chi connectivity index (χ1n) is 7.88. The van der Waals surface area contributed by atoms with Crippen LogP contribution < -0.4 is 4.74 Å². The number of hydrogen-bond donors (Lipinski definition) is 0. The summed E-state index contributed by atoms with van der Waals surface area (Å²) in [7, 11) is 0. The first-order chi connectivity index (χ1) is 11.1. The Balaban J connectivity index is 1.55. The summed E-state index contributed by atoms with van der Waals surface area (Å²) in [6.45, 7) is 0.111. The van der Waals surface area contributed by atoms with Gasteiger partial charge < -0.3 is 4.74 Å². The van der Waals surface area contributed by atoms with Gasteiger partial charge in [-0.15, -0.1) is 0 Å². The Hall–Kier alpha value is -1.69. The number of fused-ring (bicyclic) bond motifs is 1. The average Bonchev–Trinajstić information content (AvgIpc) is 2.80. The Morgan fingerprint density at radius 1 is 1.09 bits per heavy atom. The van der Waals surface area contributed by atoms with Gasteiger partial charge in [-0.25, -0.2) is 0 Å². The van der Waals surface area contributed by atoms with Crippen molar-refractivity contribution in [3.63, 3.8) is 0 Å². The SMILES string of the molecule is O=C(CCN1C(=O)[C@H]2CCCC[C@@H]2C1=O)Oc1ccc(Br)cc1. The van der Waals surface area contributed by atoms with E-state index >= 15 is 0 Å². The molecule has 2 amide bonds. The van der Waals surface area contributed by atoms with Crippen LogP contribution in [0.3, 0.4) is 0 Å². The third-order valence-electron chi connectivity index (χ3n) is 4.52. The lowest BCUT2D eigenvalue weighted by Gasteiger charge is -2.19. The number of nitrogens with zero attached hydrogens (tertiary/aromatic N) is 1. The van der Waals surface area contributed by atoms with E-state index in [1.165, 1.54) is 4.90 Å². The molecule has 1 saturated carbocycles. The molecule has 1 heterocycles. The van der Waals surface area contributed by atoms with E-state index in [-0.39, 0.29) is 36.6 Å². The van der Waals surface area contributed by atoms with Crippen LogP contribution in [-0.4, -0.2) is 29.2 Å². The summed E-state index contributed by atoms with van der Waals surface area (Å²) in [5.74, 6) is -0.557. The van der Waals surface area contributed by atoms with E-state index in [0.29, 0.717) is 5.75 Å². The van der Waals surface area contributed by atoms with E-state index in [4.69, 9.17) is 4.74 Å². The maximum Gasteiger partial charge on any atom is 0.312 e. The highest BCUT2D eigenvalue weighted by atomic mass is 79.9. The Morgan fingerprint density at radius 2 is 1.65 bits per heavy atom. The minimum Gasteiger partial charge on any atom is -0.426 e. The summed E-state index contributed by atoms with van der Waals surface area (Å²) in [5.41, 5.74) is 0. The number of halogens is 1. The molecule has 1 aromatic rings. The fourth-order valence-electron chi connectivity index (χ4n) is 3.34. The summed E-state index contributed by atoms with van der Waals surface area (Å²) in [5, 5.41) is 0. The van der Waals surface area contributed by atoms with E-state index in [1.54, 1.807) is 24.3 Å². The van der Waals surface area contributed by atoms with Crippen molar-refractivity contribution >= 4 is 33.7 Å². The first-order valence-corrected chi connectivity index (χ1v) is 8.67. The molecule has 0 bridgehead atoms. The number of rotatable bonds is 4. The van der Waals surface area contributed by atoms with Gasteiger partial charge in [0, 0.05) is 11.0 Å². The van der Waals surface area contributed by atoms with Crippen molar-refractivity contribution in [3.05, 3.63) is 28.7 Å². The Kier molecular flexibility index (Phi) is 4.80. The van der Waals surface area contributed by atoms with Gasteiger partial charge in [0.1, 0.15) is 5.75 Å². The smallest absolute Gasteiger partial charge is 0.312 e. The molecule has 5 nitrogen and oxygen atoms in total. The summed E-state index contributed by atoms with van der Waals surface area (Å²) < 4.78 is 6.11. The zero-order valence-electron chi connectivity index (χ0n) is 12.7. The van der Waals surface area contributed by atoms with E-state index < -0.39 is 5.97 Å². The van der Waals surface area contributed by atoms with Crippen molar-refractivity contribution in [2.45, 2.75) is 32.1 Å². The molecule has 0 radical (unpaired) electrons. The van der Waals surface area contributed by atoms with Crippen molar-refractivity contribution < 1.29 is 19.1 Å². The van der Waals surface area contributed by atoms with Gasteiger partial charge in [-0.05, 0) is 37.1 Å². The summed E-state index contributed by atoms with van der Waals surface area (Å²) in [6.07, 6.45) is 3.59. The molecular weight excluding hydrogens is 362 g/mol. The highest BCUT2D eigenvalue weighted by molar-refractivity contribution is 9.10. The summed E-state index contributed by atoms with van der Waals surface area (Å²) >= 11 is 3.31. The highest BCUT2D eigenvalue weighted by Gasteiger charge is 2.47. The van der Waals surface area contributed by atoms with Crippen LogP contribution in [0.1, 0.15) is 32.1 Å². The summed E-state index contributed by atoms with van der Waals surface area (Å²) in [6, 6.07) is 6.92. The average molecular weight is 380 g/mol. The monoisotopic (exact) mass is 379 g/mol. The van der Waals surface area contributed by atoms with Gasteiger partial charge in [-0.2, -0.15) is 0 Å². The standard InChI is InChI=1S/C17H18BrNO4/c18-11-5-7-12(8-6-11)23-15(20)9-10-19-16(21)13-3-1-2-4-14(13)17(19)22/h5-8,13-14H,1-4,9-10H2/t13-,14-/m0/s1. The molecule has 23 heavy (non-hydrogen) atoms. The Labute approximate surface area is 143 Å². The lowest BCUT2D eigenvalue weighted by Crippen LogP contribution is -2.33. The predicted octanol–water partition coefficient (Wildman–Crippen LogP) is 2.92. The van der Waals surface area contributed by atoms with Crippen LogP contribution >= 0.6 is 15.9 Å². The van der Waals surface area contributed by atoms with E-state index in [1.807, 2.05) is 0 Å². The lowest BCUT2D eigenvalue weighted by molar-refractivity contribution is -0.141. The van der Waals surface area contributed by atoms with Crippen LogP contribution in [0.25, 0.3) is 0 Å². The predicted molar refractivity (Wildman–Crippen MR) is 86.6 cm³/mol. The van der Waals surface area contributed by atoms with Gasteiger partial charge in [-0.1, -0.05) is 28.8 Å². The minimum atomic E-state index is -0.442. The van der Waals surface area contributed by atoms with Crippen molar-refractivity contribution in [1.82, 2.24) is 4.90 Å².